The van der Waals surface area contributed by atoms with Gasteiger partial charge in [0.25, 0.3) is 0 Å². The molecule has 1 heterocycles. The number of carbonyl (C=O) groups is 2. The van der Waals surface area contributed by atoms with Crippen LogP contribution in [0.2, 0.25) is 0 Å². The molecule has 1 aromatic rings. The van der Waals surface area contributed by atoms with E-state index in [1.54, 1.807) is 13.8 Å². The smallest absolute Gasteiger partial charge is 0.416 e. The summed E-state index contributed by atoms with van der Waals surface area (Å²) in [5.41, 5.74) is -0.119. The maximum atomic E-state index is 12.6. The van der Waals surface area contributed by atoms with Gasteiger partial charge in [0.2, 0.25) is 5.91 Å². The van der Waals surface area contributed by atoms with Gasteiger partial charge < -0.3 is 14.7 Å². The molecule has 0 spiro atoms. The zero-order valence-corrected chi connectivity index (χ0v) is 13.9. The Hall–Kier alpha value is -2.09. The quantitative estimate of drug-likeness (QED) is 0.897. The highest BCUT2D eigenvalue weighted by molar-refractivity contribution is 5.80. The Kier molecular flexibility index (Phi) is 5.72. The van der Waals surface area contributed by atoms with Crippen LogP contribution in [0.5, 0.6) is 0 Å². The van der Waals surface area contributed by atoms with E-state index >= 15 is 0 Å². The molecule has 0 radical (unpaired) electrons. The van der Waals surface area contributed by atoms with Crippen LogP contribution in [-0.2, 0) is 26.9 Å². The lowest BCUT2D eigenvalue weighted by molar-refractivity contribution is -0.167. The molecule has 3 atom stereocenters. The van der Waals surface area contributed by atoms with Gasteiger partial charge in [-0.3, -0.25) is 4.79 Å². The van der Waals surface area contributed by atoms with E-state index in [2.05, 4.69) is 0 Å². The molecule has 1 aliphatic rings. The molecule has 2 rings (SSSR count). The van der Waals surface area contributed by atoms with Crippen molar-refractivity contribution in [3.05, 3.63) is 35.4 Å². The van der Waals surface area contributed by atoms with Gasteiger partial charge in [0.15, 0.2) is 6.10 Å². The molecular weight excluding hydrogens is 339 g/mol. The van der Waals surface area contributed by atoms with Crippen LogP contribution in [0, 0.1) is 5.92 Å². The first-order valence-electron chi connectivity index (χ1n) is 7.91. The lowest BCUT2D eigenvalue weighted by Gasteiger charge is -2.36. The van der Waals surface area contributed by atoms with Crippen molar-refractivity contribution in [2.75, 3.05) is 13.1 Å². The van der Waals surface area contributed by atoms with Crippen LogP contribution >= 0.6 is 0 Å². The average molecular weight is 359 g/mol. The van der Waals surface area contributed by atoms with Crippen LogP contribution < -0.4 is 0 Å². The summed E-state index contributed by atoms with van der Waals surface area (Å²) in [4.78, 5) is 25.1. The van der Waals surface area contributed by atoms with Gasteiger partial charge in [0, 0.05) is 12.5 Å². The Labute approximate surface area is 143 Å². The second kappa shape index (κ2) is 7.43. The monoisotopic (exact) mass is 359 g/mol. The van der Waals surface area contributed by atoms with Gasteiger partial charge in [0.05, 0.1) is 18.2 Å². The summed E-state index contributed by atoms with van der Waals surface area (Å²) in [6, 6.07) is 4.69. The predicted octanol–water partition coefficient (Wildman–Crippen LogP) is 2.58. The Morgan fingerprint density at radius 2 is 1.88 bits per heavy atom. The second-order valence-corrected chi connectivity index (χ2v) is 6.32. The summed E-state index contributed by atoms with van der Waals surface area (Å²) in [6.45, 7) is 3.63. The zero-order chi connectivity index (χ0) is 18.8. The Morgan fingerprint density at radius 1 is 1.28 bits per heavy atom. The van der Waals surface area contributed by atoms with Gasteiger partial charge in [-0.25, -0.2) is 4.79 Å². The van der Waals surface area contributed by atoms with Crippen molar-refractivity contribution in [2.24, 2.45) is 5.92 Å². The van der Waals surface area contributed by atoms with Gasteiger partial charge in [0.1, 0.15) is 0 Å². The summed E-state index contributed by atoms with van der Waals surface area (Å²) >= 11 is 0. The number of carbonyl (C=O) groups excluding carboxylic acids is 1. The molecule has 1 N–H and O–H groups in total. The third-order valence-corrected chi connectivity index (χ3v) is 4.09. The molecule has 0 aromatic heterocycles. The zero-order valence-electron chi connectivity index (χ0n) is 13.9. The number of nitrogens with zero attached hydrogens (tertiary/aromatic N) is 1. The fourth-order valence-corrected chi connectivity index (χ4v) is 2.85. The fraction of sp³-hybridized carbons (Fsp3) is 0.529. The first kappa shape index (κ1) is 19.2. The molecule has 8 heteroatoms. The Balaban J connectivity index is 2.01. The van der Waals surface area contributed by atoms with Gasteiger partial charge in [-0.05, 0) is 31.0 Å². The lowest BCUT2D eigenvalue weighted by Crippen LogP contribution is -2.53. The van der Waals surface area contributed by atoms with E-state index in [4.69, 9.17) is 9.84 Å². The van der Waals surface area contributed by atoms with Crippen molar-refractivity contribution >= 4 is 11.9 Å². The number of carboxylic acids is 1. The predicted molar refractivity (Wildman–Crippen MR) is 82.9 cm³/mol. The maximum absolute atomic E-state index is 12.6. The number of benzene rings is 1. The molecule has 138 valence electrons. The van der Waals surface area contributed by atoms with E-state index in [9.17, 15) is 22.8 Å². The normalized spacial score (nSPS) is 22.5. The third-order valence-electron chi connectivity index (χ3n) is 4.09. The van der Waals surface area contributed by atoms with E-state index < -0.39 is 35.8 Å². The standard InChI is InChI=1S/C17H20F3NO4/c1-10(7-12-3-5-13(6-4-12)17(18,19)20)15(22)21-8-11(2)25-14(9-21)16(23)24/h3-6,10-11,14H,7-9H2,1-2H3,(H,23,24)/t10?,11-,14?/m1/s1. The van der Waals surface area contributed by atoms with Crippen LogP contribution in [0.15, 0.2) is 24.3 Å². The molecule has 0 saturated carbocycles. The lowest BCUT2D eigenvalue weighted by atomic mass is 9.98. The molecule has 1 aromatic carbocycles. The highest BCUT2D eigenvalue weighted by Gasteiger charge is 2.34. The van der Waals surface area contributed by atoms with Crippen molar-refractivity contribution in [1.29, 1.82) is 0 Å². The summed E-state index contributed by atoms with van der Waals surface area (Å²) in [5.74, 6) is -1.84. The van der Waals surface area contributed by atoms with E-state index in [0.29, 0.717) is 12.1 Å². The number of halogens is 3. The average Bonchev–Trinajstić information content (AvgIpc) is 2.53. The van der Waals surface area contributed by atoms with E-state index in [0.717, 1.165) is 12.1 Å². The maximum Gasteiger partial charge on any atom is 0.416 e. The molecule has 1 amide bonds. The molecule has 1 aliphatic heterocycles. The minimum atomic E-state index is -4.39. The number of amides is 1. The minimum Gasteiger partial charge on any atom is -0.479 e. The van der Waals surface area contributed by atoms with E-state index in [1.165, 1.54) is 17.0 Å². The number of alkyl halides is 3. The highest BCUT2D eigenvalue weighted by atomic mass is 19.4. The number of aliphatic carboxylic acids is 1. The van der Waals surface area contributed by atoms with Crippen LogP contribution in [0.4, 0.5) is 13.2 Å². The molecule has 1 saturated heterocycles. The summed E-state index contributed by atoms with van der Waals surface area (Å²) < 4.78 is 43.0. The number of hydrogen-bond acceptors (Lipinski definition) is 3. The number of morpholine rings is 1. The molecule has 0 aliphatic carbocycles. The van der Waals surface area contributed by atoms with Gasteiger partial charge in [-0.2, -0.15) is 13.2 Å². The second-order valence-electron chi connectivity index (χ2n) is 6.32. The molecule has 1 fully saturated rings. The molecule has 5 nitrogen and oxygen atoms in total. The van der Waals surface area contributed by atoms with Gasteiger partial charge >= 0.3 is 12.1 Å². The van der Waals surface area contributed by atoms with Crippen molar-refractivity contribution in [3.63, 3.8) is 0 Å². The van der Waals surface area contributed by atoms with Gasteiger partial charge in [-0.15, -0.1) is 0 Å². The number of hydrogen-bond donors (Lipinski definition) is 1. The van der Waals surface area contributed by atoms with Crippen molar-refractivity contribution in [2.45, 2.75) is 38.7 Å². The summed E-state index contributed by atoms with van der Waals surface area (Å²) in [7, 11) is 0. The number of rotatable bonds is 4. The van der Waals surface area contributed by atoms with Crippen LogP contribution in [0.3, 0.4) is 0 Å². The Bertz CT molecular complexity index is 630. The first-order valence-corrected chi connectivity index (χ1v) is 7.91. The largest absolute Gasteiger partial charge is 0.479 e. The van der Waals surface area contributed by atoms with Crippen molar-refractivity contribution in [1.82, 2.24) is 4.90 Å². The molecule has 0 bridgehead atoms. The van der Waals surface area contributed by atoms with Crippen LogP contribution in [-0.4, -0.2) is 47.2 Å². The van der Waals surface area contributed by atoms with Crippen LogP contribution in [0.1, 0.15) is 25.0 Å². The van der Waals surface area contributed by atoms with Crippen LogP contribution in [0.25, 0.3) is 0 Å². The SMILES string of the molecule is CC(Cc1ccc(C(F)(F)F)cc1)C(=O)N1CC(C(=O)O)O[C@H](C)C1. The van der Waals surface area contributed by atoms with Crippen molar-refractivity contribution in [3.8, 4) is 0 Å². The summed E-state index contributed by atoms with van der Waals surface area (Å²) in [5, 5.41) is 9.07. The number of carboxylic acid groups (broad SMARTS) is 1. The highest BCUT2D eigenvalue weighted by Crippen LogP contribution is 2.29. The molecular formula is C17H20F3NO4. The minimum absolute atomic E-state index is 0.0319. The van der Waals surface area contributed by atoms with Crippen molar-refractivity contribution < 1.29 is 32.6 Å². The van der Waals surface area contributed by atoms with E-state index in [1.807, 2.05) is 0 Å². The number of ether oxygens (including phenoxy) is 1. The summed E-state index contributed by atoms with van der Waals surface area (Å²) in [6.07, 6.45) is -5.57. The molecule has 2 unspecified atom stereocenters. The van der Waals surface area contributed by atoms with E-state index in [-0.39, 0.29) is 18.9 Å². The van der Waals surface area contributed by atoms with Gasteiger partial charge in [-0.1, -0.05) is 19.1 Å². The third kappa shape index (κ3) is 4.94. The molecule has 25 heavy (non-hydrogen) atoms. The Morgan fingerprint density at radius 3 is 2.40 bits per heavy atom. The first-order chi connectivity index (χ1) is 11.6. The fourth-order valence-electron chi connectivity index (χ4n) is 2.85. The topological polar surface area (TPSA) is 66.8 Å².